The minimum atomic E-state index is -0.393. The zero-order chi connectivity index (χ0) is 10.3. The van der Waals surface area contributed by atoms with Crippen LogP contribution in [0, 0.1) is 13.8 Å². The molecule has 0 aliphatic heterocycles. The van der Waals surface area contributed by atoms with E-state index < -0.39 is 5.69 Å². The van der Waals surface area contributed by atoms with Crippen LogP contribution >= 0.6 is 0 Å². The number of nitrogens with two attached hydrogens (primary N) is 1. The number of aryl methyl sites for hydroxylation is 2. The first-order chi connectivity index (χ1) is 6.58. The van der Waals surface area contributed by atoms with Crippen molar-refractivity contribution in [2.24, 2.45) is 0 Å². The summed E-state index contributed by atoms with van der Waals surface area (Å²) >= 11 is 0. The first-order valence-electron chi connectivity index (χ1n) is 4.21. The highest BCUT2D eigenvalue weighted by molar-refractivity contribution is 5.45. The van der Waals surface area contributed by atoms with E-state index in [0.29, 0.717) is 5.65 Å². The second kappa shape index (κ2) is 2.80. The van der Waals surface area contributed by atoms with Crippen LogP contribution in [-0.2, 0) is 0 Å². The van der Waals surface area contributed by atoms with Crippen LogP contribution in [0.5, 0.6) is 0 Å². The number of rotatable bonds is 0. The molecule has 72 valence electrons. The molecule has 0 atom stereocenters. The van der Waals surface area contributed by atoms with Gasteiger partial charge in [0, 0.05) is 6.20 Å². The molecule has 2 rings (SSSR count). The molecule has 0 aromatic carbocycles. The van der Waals surface area contributed by atoms with Gasteiger partial charge in [-0.05, 0) is 31.0 Å². The van der Waals surface area contributed by atoms with Gasteiger partial charge in [-0.25, -0.2) is 4.79 Å². The second-order valence-electron chi connectivity index (χ2n) is 3.23. The monoisotopic (exact) mass is 190 g/mol. The quantitative estimate of drug-likeness (QED) is 0.648. The molecule has 0 unspecified atom stereocenters. The zero-order valence-electron chi connectivity index (χ0n) is 7.98. The highest BCUT2D eigenvalue weighted by Gasteiger charge is 2.02. The molecule has 14 heavy (non-hydrogen) atoms. The predicted molar refractivity (Wildman–Crippen MR) is 53.1 cm³/mol. The van der Waals surface area contributed by atoms with Crippen molar-refractivity contribution in [1.82, 2.24) is 14.4 Å². The number of nitrogens with zero attached hydrogens (tertiary/aromatic N) is 3. The van der Waals surface area contributed by atoms with Crippen LogP contribution in [0.4, 0.5) is 5.95 Å². The van der Waals surface area contributed by atoms with Crippen LogP contribution in [0.1, 0.15) is 11.1 Å². The molecule has 2 aromatic rings. The topological polar surface area (TPSA) is 73.3 Å². The van der Waals surface area contributed by atoms with E-state index in [2.05, 4.69) is 9.97 Å². The van der Waals surface area contributed by atoms with Crippen molar-refractivity contribution >= 4 is 11.6 Å². The fourth-order valence-electron chi connectivity index (χ4n) is 1.27. The lowest BCUT2D eigenvalue weighted by Gasteiger charge is -2.04. The van der Waals surface area contributed by atoms with Crippen LogP contribution in [0.2, 0.25) is 0 Å². The van der Waals surface area contributed by atoms with Gasteiger partial charge in [-0.1, -0.05) is 0 Å². The largest absolute Gasteiger partial charge is 0.368 e. The molecule has 0 amide bonds. The smallest absolute Gasteiger partial charge is 0.356 e. The van der Waals surface area contributed by atoms with Crippen molar-refractivity contribution in [3.8, 4) is 0 Å². The van der Waals surface area contributed by atoms with Gasteiger partial charge >= 0.3 is 5.69 Å². The van der Waals surface area contributed by atoms with E-state index in [0.717, 1.165) is 11.1 Å². The minimum absolute atomic E-state index is 0.0123. The number of pyridine rings is 1. The summed E-state index contributed by atoms with van der Waals surface area (Å²) in [6.07, 6.45) is 1.71. The summed E-state index contributed by atoms with van der Waals surface area (Å²) in [6, 6.07) is 1.81. The lowest BCUT2D eigenvalue weighted by atomic mass is 10.2. The van der Waals surface area contributed by atoms with Crippen molar-refractivity contribution in [3.63, 3.8) is 0 Å². The summed E-state index contributed by atoms with van der Waals surface area (Å²) in [5.41, 5.74) is 7.61. The Morgan fingerprint density at radius 2 is 2.00 bits per heavy atom. The standard InChI is InChI=1S/C9H10N4O/c1-5-3-7-11-8(10)12-9(14)13(7)4-6(5)2/h3-4H,1-2H3,(H2,10,12,14). The van der Waals surface area contributed by atoms with Crippen LogP contribution in [0.15, 0.2) is 17.1 Å². The third-order valence-corrected chi connectivity index (χ3v) is 2.18. The Morgan fingerprint density at radius 1 is 1.29 bits per heavy atom. The summed E-state index contributed by atoms with van der Waals surface area (Å²) in [6.45, 7) is 3.88. The number of nitrogen functional groups attached to an aromatic ring is 1. The Kier molecular flexibility index (Phi) is 1.73. The highest BCUT2D eigenvalue weighted by atomic mass is 16.1. The summed E-state index contributed by atoms with van der Waals surface area (Å²) in [7, 11) is 0. The fraction of sp³-hybridized carbons (Fsp3) is 0.222. The maximum atomic E-state index is 11.4. The Hall–Kier alpha value is -1.91. The normalized spacial score (nSPS) is 10.7. The van der Waals surface area contributed by atoms with Crippen LogP contribution in [0.25, 0.3) is 5.65 Å². The van der Waals surface area contributed by atoms with Gasteiger partial charge in [0.2, 0.25) is 5.95 Å². The van der Waals surface area contributed by atoms with Crippen LogP contribution < -0.4 is 11.4 Å². The third-order valence-electron chi connectivity index (χ3n) is 2.18. The van der Waals surface area contributed by atoms with Gasteiger partial charge in [0.25, 0.3) is 0 Å². The van der Waals surface area contributed by atoms with Crippen LogP contribution in [-0.4, -0.2) is 14.4 Å². The molecule has 0 radical (unpaired) electrons. The van der Waals surface area contributed by atoms with Crippen molar-refractivity contribution in [2.45, 2.75) is 13.8 Å². The summed E-state index contributed by atoms with van der Waals surface area (Å²) < 4.78 is 1.39. The Labute approximate surface area is 80.2 Å². The maximum absolute atomic E-state index is 11.4. The molecule has 0 fully saturated rings. The van der Waals surface area contributed by atoms with Gasteiger partial charge in [-0.3, -0.25) is 4.40 Å². The Morgan fingerprint density at radius 3 is 2.71 bits per heavy atom. The van der Waals surface area contributed by atoms with Crippen molar-refractivity contribution in [1.29, 1.82) is 0 Å². The lowest BCUT2D eigenvalue weighted by molar-refractivity contribution is 0.939. The zero-order valence-corrected chi connectivity index (χ0v) is 7.98. The molecule has 0 spiro atoms. The van der Waals surface area contributed by atoms with E-state index in [-0.39, 0.29) is 5.95 Å². The average molecular weight is 190 g/mol. The summed E-state index contributed by atoms with van der Waals surface area (Å²) in [5, 5.41) is 0. The Balaban J connectivity index is 2.96. The molecule has 0 saturated carbocycles. The van der Waals surface area contributed by atoms with Gasteiger partial charge in [0.05, 0.1) is 0 Å². The molecule has 5 nitrogen and oxygen atoms in total. The third kappa shape index (κ3) is 1.22. The first kappa shape index (κ1) is 8.68. The van der Waals surface area contributed by atoms with E-state index in [1.807, 2.05) is 19.9 Å². The second-order valence-corrected chi connectivity index (χ2v) is 3.23. The number of aromatic nitrogens is 3. The minimum Gasteiger partial charge on any atom is -0.368 e. The number of anilines is 1. The Bertz CT molecular complexity index is 558. The molecule has 2 N–H and O–H groups in total. The van der Waals surface area contributed by atoms with E-state index in [1.54, 1.807) is 6.20 Å². The highest BCUT2D eigenvalue weighted by Crippen LogP contribution is 2.07. The predicted octanol–water partition coefficient (Wildman–Crippen LogP) is 0.289. The van der Waals surface area contributed by atoms with Crippen molar-refractivity contribution in [3.05, 3.63) is 33.9 Å². The first-order valence-corrected chi connectivity index (χ1v) is 4.21. The molecule has 2 aromatic heterocycles. The molecule has 0 aliphatic rings. The van der Waals surface area contributed by atoms with E-state index >= 15 is 0 Å². The number of hydrogen-bond acceptors (Lipinski definition) is 4. The fourth-order valence-corrected chi connectivity index (χ4v) is 1.27. The van der Waals surface area contributed by atoms with E-state index in [9.17, 15) is 4.79 Å². The van der Waals surface area contributed by atoms with Crippen molar-refractivity contribution in [2.75, 3.05) is 5.73 Å². The van der Waals surface area contributed by atoms with Crippen LogP contribution in [0.3, 0.4) is 0 Å². The lowest BCUT2D eigenvalue weighted by Crippen LogP contribution is -2.20. The molecule has 0 aliphatic carbocycles. The molecule has 2 heterocycles. The summed E-state index contributed by atoms with van der Waals surface area (Å²) in [5.74, 6) is 0.0123. The van der Waals surface area contributed by atoms with Gasteiger partial charge in [-0.15, -0.1) is 0 Å². The molecule has 0 saturated heterocycles. The summed E-state index contributed by atoms with van der Waals surface area (Å²) in [4.78, 5) is 18.9. The molecular formula is C9H10N4O. The van der Waals surface area contributed by atoms with E-state index in [4.69, 9.17) is 5.73 Å². The maximum Gasteiger partial charge on any atom is 0.356 e. The number of fused-ring (bicyclic) bond motifs is 1. The molecular weight excluding hydrogens is 180 g/mol. The molecule has 0 bridgehead atoms. The SMILES string of the molecule is Cc1cc2nc(N)nc(=O)n2cc1C. The van der Waals surface area contributed by atoms with Gasteiger partial charge in [0.1, 0.15) is 5.65 Å². The van der Waals surface area contributed by atoms with Gasteiger partial charge in [-0.2, -0.15) is 9.97 Å². The number of hydrogen-bond donors (Lipinski definition) is 1. The van der Waals surface area contributed by atoms with Gasteiger partial charge < -0.3 is 5.73 Å². The van der Waals surface area contributed by atoms with Gasteiger partial charge in [0.15, 0.2) is 0 Å². The van der Waals surface area contributed by atoms with Crippen molar-refractivity contribution < 1.29 is 0 Å². The average Bonchev–Trinajstić information content (AvgIpc) is 2.08. The van der Waals surface area contributed by atoms with E-state index in [1.165, 1.54) is 4.40 Å². The molecule has 5 heteroatoms.